The minimum Gasteiger partial charge on any atom is -0.481 e. The van der Waals surface area contributed by atoms with Gasteiger partial charge in [0.1, 0.15) is 16.2 Å². The molecule has 1 saturated heterocycles. The Hall–Kier alpha value is -4.54. The molecular formula is C37H36Cl2F2N8O4S. The van der Waals surface area contributed by atoms with Crippen molar-refractivity contribution in [2.45, 2.75) is 70.3 Å². The van der Waals surface area contributed by atoms with E-state index in [-0.39, 0.29) is 52.7 Å². The van der Waals surface area contributed by atoms with E-state index in [2.05, 4.69) is 36.2 Å². The number of rotatable bonds is 14. The Morgan fingerprint density at radius 2 is 1.74 bits per heavy atom. The van der Waals surface area contributed by atoms with Crippen molar-refractivity contribution >= 4 is 68.1 Å². The third kappa shape index (κ3) is 8.71. The summed E-state index contributed by atoms with van der Waals surface area (Å²) in [5.41, 5.74) is 3.30. The monoisotopic (exact) mass is 796 g/mol. The second-order valence-electron chi connectivity index (χ2n) is 13.2. The summed E-state index contributed by atoms with van der Waals surface area (Å²) in [4.78, 5) is 41.0. The number of halogens is 4. The van der Waals surface area contributed by atoms with Gasteiger partial charge in [0, 0.05) is 61.0 Å². The number of carbonyl (C=O) groups is 2. The SMILES string of the molecule is O=C1CC[C@@H](CNCc2ncc(-c3cccc(-c4cccc(Nc5nccc6sc(CNC7CCC(C(=O)O)CC7)nc56)c4Cl)c3Cl)nc2OC(F)F)N1. The lowest BCUT2D eigenvalue weighted by atomic mass is 9.86. The number of hydrogen-bond acceptors (Lipinski definition) is 11. The highest BCUT2D eigenvalue weighted by molar-refractivity contribution is 7.18. The molecule has 1 atom stereocenters. The molecule has 2 fully saturated rings. The Morgan fingerprint density at radius 3 is 2.48 bits per heavy atom. The first-order valence-electron chi connectivity index (χ1n) is 17.5. The number of pyridine rings is 1. The van der Waals surface area contributed by atoms with E-state index in [1.807, 2.05) is 24.3 Å². The fraction of sp³-hybridized carbons (Fsp3) is 0.351. The number of hydrogen-bond donors (Lipinski definition) is 5. The summed E-state index contributed by atoms with van der Waals surface area (Å²) < 4.78 is 32.6. The van der Waals surface area contributed by atoms with Gasteiger partial charge in [0.15, 0.2) is 5.82 Å². The minimum absolute atomic E-state index is 0.0179. The molecule has 0 radical (unpaired) electrons. The average Bonchev–Trinajstić information content (AvgIpc) is 3.78. The highest BCUT2D eigenvalue weighted by Crippen LogP contribution is 2.42. The van der Waals surface area contributed by atoms with E-state index in [1.165, 1.54) is 6.20 Å². The van der Waals surface area contributed by atoms with Crippen LogP contribution >= 0.6 is 34.5 Å². The van der Waals surface area contributed by atoms with Crippen LogP contribution in [0.4, 0.5) is 20.3 Å². The second-order valence-corrected chi connectivity index (χ2v) is 15.0. The summed E-state index contributed by atoms with van der Waals surface area (Å²) in [6.45, 7) is -2.02. The zero-order chi connectivity index (χ0) is 37.8. The summed E-state index contributed by atoms with van der Waals surface area (Å²) >= 11 is 15.6. The lowest BCUT2D eigenvalue weighted by Crippen LogP contribution is -2.35. The third-order valence-electron chi connectivity index (χ3n) is 9.57. The summed E-state index contributed by atoms with van der Waals surface area (Å²) in [7, 11) is 0. The van der Waals surface area contributed by atoms with E-state index in [0.29, 0.717) is 77.5 Å². The smallest absolute Gasteiger partial charge is 0.388 e. The Morgan fingerprint density at radius 1 is 0.981 bits per heavy atom. The van der Waals surface area contributed by atoms with Crippen LogP contribution in [-0.4, -0.2) is 62.2 Å². The highest BCUT2D eigenvalue weighted by Gasteiger charge is 2.26. The molecule has 12 nitrogen and oxygen atoms in total. The largest absolute Gasteiger partial charge is 0.481 e. The van der Waals surface area contributed by atoms with Gasteiger partial charge in [0.05, 0.1) is 38.2 Å². The van der Waals surface area contributed by atoms with Crippen molar-refractivity contribution in [2.24, 2.45) is 5.92 Å². The lowest BCUT2D eigenvalue weighted by Gasteiger charge is -2.26. The van der Waals surface area contributed by atoms with E-state index in [9.17, 15) is 23.5 Å². The average molecular weight is 798 g/mol. The number of nitrogens with zero attached hydrogens (tertiary/aromatic N) is 4. The number of carboxylic acids is 1. The predicted octanol–water partition coefficient (Wildman–Crippen LogP) is 7.57. The summed E-state index contributed by atoms with van der Waals surface area (Å²) in [5.74, 6) is -0.806. The number of aromatic nitrogens is 4. The van der Waals surface area contributed by atoms with Gasteiger partial charge in [-0.2, -0.15) is 8.78 Å². The van der Waals surface area contributed by atoms with Crippen molar-refractivity contribution in [1.82, 2.24) is 35.9 Å². The van der Waals surface area contributed by atoms with E-state index in [1.54, 1.807) is 35.7 Å². The van der Waals surface area contributed by atoms with Gasteiger partial charge in [-0.1, -0.05) is 53.5 Å². The number of nitrogens with one attached hydrogen (secondary N) is 4. The maximum Gasteiger partial charge on any atom is 0.388 e. The van der Waals surface area contributed by atoms with Crippen molar-refractivity contribution in [2.75, 3.05) is 11.9 Å². The van der Waals surface area contributed by atoms with Crippen LogP contribution in [0, 0.1) is 5.92 Å². The first-order valence-corrected chi connectivity index (χ1v) is 19.1. The summed E-state index contributed by atoms with van der Waals surface area (Å²) in [6.07, 6.45) is 7.26. The topological polar surface area (TPSA) is 163 Å². The van der Waals surface area contributed by atoms with Crippen molar-refractivity contribution in [3.05, 3.63) is 75.6 Å². The van der Waals surface area contributed by atoms with Crippen LogP contribution in [0.15, 0.2) is 54.9 Å². The van der Waals surface area contributed by atoms with Crippen molar-refractivity contribution < 1.29 is 28.2 Å². The third-order valence-corrected chi connectivity index (χ3v) is 11.4. The Bertz CT molecular complexity index is 2170. The molecule has 282 valence electrons. The van der Waals surface area contributed by atoms with Gasteiger partial charge in [-0.3, -0.25) is 14.6 Å². The fourth-order valence-electron chi connectivity index (χ4n) is 6.77. The molecule has 0 spiro atoms. The van der Waals surface area contributed by atoms with Gasteiger partial charge >= 0.3 is 12.6 Å². The van der Waals surface area contributed by atoms with Gasteiger partial charge in [-0.05, 0) is 44.2 Å². The van der Waals surface area contributed by atoms with Crippen molar-refractivity contribution in [3.8, 4) is 28.3 Å². The number of ether oxygens (including phenoxy) is 1. The second kappa shape index (κ2) is 16.9. The molecule has 1 aliphatic heterocycles. The first kappa shape index (κ1) is 37.8. The first-order chi connectivity index (χ1) is 26.1. The van der Waals surface area contributed by atoms with Gasteiger partial charge in [0.2, 0.25) is 11.8 Å². The molecule has 5 N–H and O–H groups in total. The highest BCUT2D eigenvalue weighted by atomic mass is 35.5. The molecular weight excluding hydrogens is 761 g/mol. The molecule has 54 heavy (non-hydrogen) atoms. The van der Waals surface area contributed by atoms with Crippen LogP contribution < -0.4 is 26.0 Å². The maximum atomic E-state index is 13.4. The molecule has 5 aromatic rings. The number of benzene rings is 2. The molecule has 4 heterocycles. The number of amides is 1. The minimum atomic E-state index is -3.12. The van der Waals surface area contributed by atoms with Gasteiger partial charge in [-0.15, -0.1) is 11.3 Å². The van der Waals surface area contributed by atoms with E-state index >= 15 is 0 Å². The Balaban J connectivity index is 1.08. The molecule has 17 heteroatoms. The van der Waals surface area contributed by atoms with Gasteiger partial charge < -0.3 is 31.1 Å². The molecule has 1 saturated carbocycles. The zero-order valence-corrected chi connectivity index (χ0v) is 31.1. The number of thiazole rings is 1. The Kier molecular flexibility index (Phi) is 11.8. The molecule has 2 aliphatic rings. The molecule has 1 amide bonds. The van der Waals surface area contributed by atoms with Gasteiger partial charge in [-0.25, -0.2) is 15.0 Å². The van der Waals surface area contributed by atoms with Crippen molar-refractivity contribution in [3.63, 3.8) is 0 Å². The number of fused-ring (bicyclic) bond motifs is 1. The van der Waals surface area contributed by atoms with Crippen LogP contribution in [0.2, 0.25) is 10.0 Å². The van der Waals surface area contributed by atoms with Crippen LogP contribution in [0.1, 0.15) is 49.2 Å². The predicted molar refractivity (Wildman–Crippen MR) is 203 cm³/mol. The standard InChI is InChI=1S/C37H36Cl2F2N8O4S/c38-31-22(3-1-5-24(31)26-17-45-27(35(48-26)53-37(40)41)16-42-15-21-11-12-29(50)46-21)23-4-2-6-25(32(23)39)47-34-33-28(13-14-43-34)54-30(49-33)18-44-20-9-7-19(8-10-20)36(51)52/h1-6,13-14,17,19-21,37,42,44H,7-12,15-16,18H2,(H,43,47)(H,46,50)(H,51,52)/t19?,20?,21-/m0/s1. The molecule has 1 aliphatic carbocycles. The van der Waals surface area contributed by atoms with Crippen molar-refractivity contribution in [1.29, 1.82) is 0 Å². The summed E-state index contributed by atoms with van der Waals surface area (Å²) in [5, 5.41) is 23.7. The van der Waals surface area contributed by atoms with Crippen LogP contribution in [0.25, 0.3) is 32.6 Å². The number of carboxylic acid groups (broad SMARTS) is 1. The quantitative estimate of drug-likeness (QED) is 0.0754. The number of aliphatic carboxylic acids is 1. The molecule has 0 unspecified atom stereocenters. The lowest BCUT2D eigenvalue weighted by molar-refractivity contribution is -0.142. The van der Waals surface area contributed by atoms with Crippen LogP contribution in [-0.2, 0) is 22.7 Å². The van der Waals surface area contributed by atoms with Crippen LogP contribution in [0.5, 0.6) is 5.88 Å². The number of anilines is 2. The Labute approximate surface area is 323 Å². The molecule has 2 aromatic carbocycles. The van der Waals surface area contributed by atoms with Gasteiger partial charge in [0.25, 0.3) is 0 Å². The normalized spacial score (nSPS) is 18.6. The fourth-order valence-corrected chi connectivity index (χ4v) is 8.28. The van der Waals surface area contributed by atoms with Crippen LogP contribution in [0.3, 0.4) is 0 Å². The molecule has 3 aromatic heterocycles. The number of alkyl halides is 2. The maximum absolute atomic E-state index is 13.4. The number of carbonyl (C=O) groups excluding carboxylic acids is 1. The van der Waals surface area contributed by atoms with E-state index < -0.39 is 12.6 Å². The van der Waals surface area contributed by atoms with E-state index in [4.69, 9.17) is 32.9 Å². The molecule has 0 bridgehead atoms. The van der Waals surface area contributed by atoms with E-state index in [0.717, 1.165) is 22.5 Å². The summed E-state index contributed by atoms with van der Waals surface area (Å²) in [6, 6.07) is 12.8. The zero-order valence-electron chi connectivity index (χ0n) is 28.8. The molecule has 7 rings (SSSR count).